The molecule has 1 aromatic rings. The molecule has 0 saturated carbocycles. The molecule has 2 nitrogen and oxygen atoms in total. The van der Waals surface area contributed by atoms with Crippen LogP contribution in [-0.2, 0) is 6.42 Å². The molecule has 1 unspecified atom stereocenters. The minimum Gasteiger partial charge on any atom is -0.507 e. The Morgan fingerprint density at radius 2 is 1.80 bits per heavy atom. The van der Waals surface area contributed by atoms with E-state index in [2.05, 4.69) is 26.8 Å². The molecule has 1 atom stereocenters. The fraction of sp³-hybridized carbons (Fsp3) is 0.444. The van der Waals surface area contributed by atoms with Gasteiger partial charge >= 0.3 is 0 Å². The van der Waals surface area contributed by atoms with E-state index < -0.39 is 0 Å². The zero-order valence-electron chi connectivity index (χ0n) is 13.0. The Balaban J connectivity index is 2.72. The van der Waals surface area contributed by atoms with Gasteiger partial charge in [-0.25, -0.2) is 0 Å². The Bertz CT molecular complexity index is 471. The molecule has 0 aliphatic carbocycles. The topological polar surface area (TPSA) is 40.5 Å². The van der Waals surface area contributed by atoms with Gasteiger partial charge in [-0.1, -0.05) is 37.6 Å². The van der Waals surface area contributed by atoms with E-state index >= 15 is 0 Å². The van der Waals surface area contributed by atoms with Crippen LogP contribution >= 0.6 is 0 Å². The van der Waals surface area contributed by atoms with Gasteiger partial charge in [-0.05, 0) is 56.7 Å². The first-order chi connectivity index (χ1) is 9.43. The average molecular weight is 274 g/mol. The Morgan fingerprint density at radius 3 is 2.30 bits per heavy atom. The van der Waals surface area contributed by atoms with Crippen LogP contribution < -0.4 is 0 Å². The van der Waals surface area contributed by atoms with Crippen LogP contribution in [0.1, 0.15) is 51.7 Å². The maximum absolute atomic E-state index is 9.94. The fourth-order valence-electron chi connectivity index (χ4n) is 2.05. The SMILES string of the molecule is CCc1cc(O)c(/C=C/C(C)CCC=C(C)C)c(O)c1. The summed E-state index contributed by atoms with van der Waals surface area (Å²) in [6.45, 7) is 8.34. The summed E-state index contributed by atoms with van der Waals surface area (Å²) in [5.74, 6) is 0.708. The predicted molar refractivity (Wildman–Crippen MR) is 86.0 cm³/mol. The Labute approximate surface area is 122 Å². The molecule has 0 bridgehead atoms. The van der Waals surface area contributed by atoms with E-state index in [4.69, 9.17) is 0 Å². The summed E-state index contributed by atoms with van der Waals surface area (Å²) in [6, 6.07) is 3.43. The molecule has 1 aromatic carbocycles. The number of hydrogen-bond donors (Lipinski definition) is 2. The van der Waals surface area contributed by atoms with Crippen molar-refractivity contribution in [1.29, 1.82) is 0 Å². The molecule has 2 heteroatoms. The van der Waals surface area contributed by atoms with Gasteiger partial charge in [0.1, 0.15) is 11.5 Å². The van der Waals surface area contributed by atoms with Crippen molar-refractivity contribution in [3.05, 3.63) is 41.0 Å². The van der Waals surface area contributed by atoms with Crippen molar-refractivity contribution in [2.45, 2.75) is 47.0 Å². The minimum absolute atomic E-state index is 0.148. The lowest BCUT2D eigenvalue weighted by atomic mass is 10.0. The lowest BCUT2D eigenvalue weighted by Gasteiger charge is -2.08. The van der Waals surface area contributed by atoms with Crippen LogP contribution in [0.15, 0.2) is 29.9 Å². The largest absolute Gasteiger partial charge is 0.507 e. The first-order valence-corrected chi connectivity index (χ1v) is 7.30. The van der Waals surface area contributed by atoms with E-state index in [1.807, 2.05) is 19.1 Å². The Kier molecular flexibility index (Phi) is 6.37. The highest BCUT2D eigenvalue weighted by atomic mass is 16.3. The molecule has 0 aromatic heterocycles. The average Bonchev–Trinajstić information content (AvgIpc) is 2.36. The predicted octanol–water partition coefficient (Wildman–Crippen LogP) is 5.06. The van der Waals surface area contributed by atoms with Crippen LogP contribution in [0.5, 0.6) is 11.5 Å². The molecule has 20 heavy (non-hydrogen) atoms. The fourth-order valence-corrected chi connectivity index (χ4v) is 2.05. The standard InChI is InChI=1S/C18H26O2/c1-5-15-11-17(19)16(18(20)12-15)10-9-14(4)8-6-7-13(2)3/h7,9-12,14,19-20H,5-6,8H2,1-4H3/b10-9+. The van der Waals surface area contributed by atoms with E-state index in [1.54, 1.807) is 12.1 Å². The summed E-state index contributed by atoms with van der Waals surface area (Å²) in [5, 5.41) is 19.9. The van der Waals surface area contributed by atoms with Gasteiger partial charge in [0.05, 0.1) is 5.56 Å². The molecule has 0 saturated heterocycles. The van der Waals surface area contributed by atoms with Crippen LogP contribution in [0, 0.1) is 5.92 Å². The number of aryl methyl sites for hydroxylation is 1. The third kappa shape index (κ3) is 5.12. The van der Waals surface area contributed by atoms with Gasteiger partial charge in [-0.3, -0.25) is 0 Å². The van der Waals surface area contributed by atoms with Crippen molar-refractivity contribution in [3.8, 4) is 11.5 Å². The van der Waals surface area contributed by atoms with E-state index in [-0.39, 0.29) is 11.5 Å². The lowest BCUT2D eigenvalue weighted by Crippen LogP contribution is -1.89. The summed E-state index contributed by atoms with van der Waals surface area (Å²) in [5.41, 5.74) is 2.79. The number of allylic oxidation sites excluding steroid dienone is 3. The van der Waals surface area contributed by atoms with Gasteiger partial charge in [0.15, 0.2) is 0 Å². The lowest BCUT2D eigenvalue weighted by molar-refractivity contribution is 0.447. The zero-order valence-corrected chi connectivity index (χ0v) is 13.0. The highest BCUT2D eigenvalue weighted by molar-refractivity contribution is 5.64. The second kappa shape index (κ2) is 7.78. The highest BCUT2D eigenvalue weighted by Crippen LogP contribution is 2.30. The first-order valence-electron chi connectivity index (χ1n) is 7.30. The smallest absolute Gasteiger partial charge is 0.126 e. The molecule has 110 valence electrons. The molecule has 0 heterocycles. The summed E-state index contributed by atoms with van der Waals surface area (Å²) in [7, 11) is 0. The molecule has 0 aliphatic rings. The van der Waals surface area contributed by atoms with E-state index in [9.17, 15) is 10.2 Å². The molecule has 2 N–H and O–H groups in total. The van der Waals surface area contributed by atoms with Crippen molar-refractivity contribution < 1.29 is 10.2 Å². The maximum atomic E-state index is 9.94. The number of phenolic OH excluding ortho intramolecular Hbond substituents is 2. The summed E-state index contributed by atoms with van der Waals surface area (Å²) in [4.78, 5) is 0. The van der Waals surface area contributed by atoms with Gasteiger partial charge in [0.25, 0.3) is 0 Å². The molecule has 0 aliphatic heterocycles. The summed E-state index contributed by atoms with van der Waals surface area (Å²) in [6.07, 6.45) is 9.01. The molecule has 0 amide bonds. The van der Waals surface area contributed by atoms with Crippen LogP contribution in [0.2, 0.25) is 0 Å². The van der Waals surface area contributed by atoms with Gasteiger partial charge in [0, 0.05) is 0 Å². The third-order valence-electron chi connectivity index (χ3n) is 3.37. The van der Waals surface area contributed by atoms with Crippen molar-refractivity contribution in [2.24, 2.45) is 5.92 Å². The van der Waals surface area contributed by atoms with Crippen molar-refractivity contribution in [2.75, 3.05) is 0 Å². The number of phenols is 2. The molecular formula is C18H26O2. The highest BCUT2D eigenvalue weighted by Gasteiger charge is 2.07. The van der Waals surface area contributed by atoms with Crippen LogP contribution in [0.3, 0.4) is 0 Å². The normalized spacial score (nSPS) is 12.6. The minimum atomic E-state index is 0.148. The number of aromatic hydroxyl groups is 2. The summed E-state index contributed by atoms with van der Waals surface area (Å²) < 4.78 is 0. The van der Waals surface area contributed by atoms with Crippen molar-refractivity contribution in [3.63, 3.8) is 0 Å². The molecule has 0 fully saturated rings. The van der Waals surface area contributed by atoms with Crippen molar-refractivity contribution in [1.82, 2.24) is 0 Å². The first kappa shape index (κ1) is 16.4. The Morgan fingerprint density at radius 1 is 1.20 bits per heavy atom. The van der Waals surface area contributed by atoms with E-state index in [0.717, 1.165) is 24.8 Å². The van der Waals surface area contributed by atoms with Crippen LogP contribution in [-0.4, -0.2) is 10.2 Å². The van der Waals surface area contributed by atoms with Crippen LogP contribution in [0.25, 0.3) is 6.08 Å². The Hall–Kier alpha value is -1.70. The number of hydrogen-bond acceptors (Lipinski definition) is 2. The van der Waals surface area contributed by atoms with E-state index in [1.165, 1.54) is 5.57 Å². The quantitative estimate of drug-likeness (QED) is 0.712. The van der Waals surface area contributed by atoms with Crippen LogP contribution in [0.4, 0.5) is 0 Å². The van der Waals surface area contributed by atoms with Crippen molar-refractivity contribution >= 4 is 6.08 Å². The number of rotatable bonds is 6. The molecule has 1 rings (SSSR count). The molecular weight excluding hydrogens is 248 g/mol. The monoisotopic (exact) mass is 274 g/mol. The van der Waals surface area contributed by atoms with Gasteiger partial charge in [-0.15, -0.1) is 0 Å². The zero-order chi connectivity index (χ0) is 15.1. The molecule has 0 spiro atoms. The third-order valence-corrected chi connectivity index (χ3v) is 3.37. The van der Waals surface area contributed by atoms with Gasteiger partial charge in [-0.2, -0.15) is 0 Å². The molecule has 0 radical (unpaired) electrons. The maximum Gasteiger partial charge on any atom is 0.126 e. The number of benzene rings is 1. The second-order valence-corrected chi connectivity index (χ2v) is 5.60. The van der Waals surface area contributed by atoms with Gasteiger partial charge in [0.2, 0.25) is 0 Å². The van der Waals surface area contributed by atoms with E-state index in [0.29, 0.717) is 11.5 Å². The second-order valence-electron chi connectivity index (χ2n) is 5.60. The summed E-state index contributed by atoms with van der Waals surface area (Å²) >= 11 is 0. The van der Waals surface area contributed by atoms with Gasteiger partial charge < -0.3 is 10.2 Å².